The van der Waals surface area contributed by atoms with E-state index in [1.54, 1.807) is 29.2 Å². The molecule has 20 heavy (non-hydrogen) atoms. The average Bonchev–Trinajstić information content (AvgIpc) is 2.45. The van der Waals surface area contributed by atoms with E-state index in [0.29, 0.717) is 23.6 Å². The summed E-state index contributed by atoms with van der Waals surface area (Å²) in [7, 11) is 0. The Kier molecular flexibility index (Phi) is 4.69. The molecule has 2 atom stereocenters. The Morgan fingerprint density at radius 1 is 1.40 bits per heavy atom. The third-order valence-corrected chi connectivity index (χ3v) is 3.47. The van der Waals surface area contributed by atoms with Gasteiger partial charge in [-0.05, 0) is 19.1 Å². The van der Waals surface area contributed by atoms with Crippen LogP contribution >= 0.6 is 12.2 Å². The minimum atomic E-state index is -0.321. The van der Waals surface area contributed by atoms with Gasteiger partial charge in [0.25, 0.3) is 5.91 Å². The molecule has 0 aromatic heterocycles. The number of hydrogen-bond donors (Lipinski definition) is 2. The lowest BCUT2D eigenvalue weighted by atomic mass is 10.1. The summed E-state index contributed by atoms with van der Waals surface area (Å²) in [5.41, 5.74) is 6.84. The second-order valence-corrected chi connectivity index (χ2v) is 5.34. The van der Waals surface area contributed by atoms with Crippen LogP contribution in [-0.4, -0.2) is 52.8 Å². The number of carbonyl (C=O) groups is 1. The summed E-state index contributed by atoms with van der Waals surface area (Å²) in [6.07, 6.45) is -0.403. The average molecular weight is 294 g/mol. The second kappa shape index (κ2) is 6.30. The molecule has 0 spiro atoms. The maximum Gasteiger partial charge on any atom is 0.254 e. The first-order chi connectivity index (χ1) is 9.51. The molecule has 2 rings (SSSR count). The molecular formula is C14H18N2O3S. The highest BCUT2D eigenvalue weighted by molar-refractivity contribution is 7.80. The highest BCUT2D eigenvalue weighted by Gasteiger charge is 2.28. The maximum absolute atomic E-state index is 12.4. The first-order valence-electron chi connectivity index (χ1n) is 6.46. The Labute approximate surface area is 123 Å². The molecule has 1 aromatic rings. The lowest BCUT2D eigenvalue weighted by Crippen LogP contribution is -2.50. The van der Waals surface area contributed by atoms with Gasteiger partial charge in [0.2, 0.25) is 0 Å². The topological polar surface area (TPSA) is 75.8 Å². The molecule has 0 aliphatic carbocycles. The molecule has 1 amide bonds. The smallest absolute Gasteiger partial charge is 0.254 e. The van der Waals surface area contributed by atoms with Crippen LogP contribution in [0.15, 0.2) is 24.3 Å². The second-order valence-electron chi connectivity index (χ2n) is 4.90. The lowest BCUT2D eigenvalue weighted by molar-refractivity contribution is -0.0858. The molecule has 0 saturated carbocycles. The molecule has 6 heteroatoms. The van der Waals surface area contributed by atoms with Gasteiger partial charge < -0.3 is 20.5 Å². The summed E-state index contributed by atoms with van der Waals surface area (Å²) < 4.78 is 5.52. The lowest BCUT2D eigenvalue weighted by Gasteiger charge is -2.36. The normalized spacial score (nSPS) is 22.6. The largest absolute Gasteiger partial charge is 0.394 e. The van der Waals surface area contributed by atoms with Gasteiger partial charge >= 0.3 is 0 Å². The van der Waals surface area contributed by atoms with E-state index in [0.717, 1.165) is 5.56 Å². The van der Waals surface area contributed by atoms with E-state index in [9.17, 15) is 9.90 Å². The van der Waals surface area contributed by atoms with E-state index in [-0.39, 0.29) is 24.7 Å². The van der Waals surface area contributed by atoms with Crippen molar-refractivity contribution in [3.63, 3.8) is 0 Å². The predicted octanol–water partition coefficient (Wildman–Crippen LogP) is 0.543. The monoisotopic (exact) mass is 294 g/mol. The van der Waals surface area contributed by atoms with Gasteiger partial charge in [-0.1, -0.05) is 24.4 Å². The number of thiocarbonyl (C=S) groups is 1. The summed E-state index contributed by atoms with van der Waals surface area (Å²) >= 11 is 4.88. The number of benzene rings is 1. The van der Waals surface area contributed by atoms with Crippen LogP contribution in [0.2, 0.25) is 0 Å². The molecule has 2 unspecified atom stereocenters. The van der Waals surface area contributed by atoms with Crippen molar-refractivity contribution >= 4 is 23.1 Å². The minimum absolute atomic E-state index is 0.0758. The zero-order valence-corrected chi connectivity index (χ0v) is 12.1. The van der Waals surface area contributed by atoms with Crippen molar-refractivity contribution in [2.45, 2.75) is 19.1 Å². The zero-order valence-electron chi connectivity index (χ0n) is 11.3. The molecule has 0 bridgehead atoms. The fourth-order valence-electron chi connectivity index (χ4n) is 2.27. The van der Waals surface area contributed by atoms with Crippen LogP contribution < -0.4 is 5.73 Å². The van der Waals surface area contributed by atoms with Crippen LogP contribution in [0.5, 0.6) is 0 Å². The summed E-state index contributed by atoms with van der Waals surface area (Å²) in [6, 6.07) is 6.90. The number of morpholine rings is 1. The highest BCUT2D eigenvalue weighted by Crippen LogP contribution is 2.15. The standard InChI is InChI=1S/C14H18N2O3S/c1-9-6-16(7-12(8-17)19-9)14(18)11-4-2-10(3-5-11)13(15)20/h2-5,9,12,17H,6-8H2,1H3,(H2,15,20). The van der Waals surface area contributed by atoms with Crippen molar-refractivity contribution in [2.24, 2.45) is 5.73 Å². The van der Waals surface area contributed by atoms with Crippen molar-refractivity contribution in [1.82, 2.24) is 4.90 Å². The van der Waals surface area contributed by atoms with Crippen LogP contribution in [0.4, 0.5) is 0 Å². The molecule has 1 aliphatic rings. The Morgan fingerprint density at radius 3 is 2.55 bits per heavy atom. The number of nitrogens with two attached hydrogens (primary N) is 1. The highest BCUT2D eigenvalue weighted by atomic mass is 32.1. The number of amides is 1. The van der Waals surface area contributed by atoms with Gasteiger partial charge in [0.1, 0.15) is 4.99 Å². The van der Waals surface area contributed by atoms with E-state index in [4.69, 9.17) is 22.7 Å². The van der Waals surface area contributed by atoms with Gasteiger partial charge in [-0.15, -0.1) is 0 Å². The number of nitrogens with zero attached hydrogens (tertiary/aromatic N) is 1. The molecule has 1 aromatic carbocycles. The summed E-state index contributed by atoms with van der Waals surface area (Å²) in [6.45, 7) is 2.72. The Hall–Kier alpha value is -1.50. The molecule has 1 aliphatic heterocycles. The molecule has 1 heterocycles. The molecule has 108 valence electrons. The fraction of sp³-hybridized carbons (Fsp3) is 0.429. The van der Waals surface area contributed by atoms with Crippen LogP contribution in [-0.2, 0) is 4.74 Å². The van der Waals surface area contributed by atoms with E-state index < -0.39 is 0 Å². The van der Waals surface area contributed by atoms with Crippen LogP contribution in [0.25, 0.3) is 0 Å². The third-order valence-electron chi connectivity index (χ3n) is 3.23. The summed E-state index contributed by atoms with van der Waals surface area (Å²) in [5.74, 6) is -0.0758. The number of rotatable bonds is 3. The van der Waals surface area contributed by atoms with Gasteiger partial charge in [-0.2, -0.15) is 0 Å². The predicted molar refractivity (Wildman–Crippen MR) is 79.7 cm³/mol. The molecule has 1 saturated heterocycles. The van der Waals surface area contributed by atoms with Gasteiger partial charge in [0.05, 0.1) is 18.8 Å². The molecule has 3 N–H and O–H groups in total. The van der Waals surface area contributed by atoms with Crippen LogP contribution in [0.3, 0.4) is 0 Å². The van der Waals surface area contributed by atoms with E-state index in [1.165, 1.54) is 0 Å². The van der Waals surface area contributed by atoms with Crippen molar-refractivity contribution in [2.75, 3.05) is 19.7 Å². The number of aliphatic hydroxyl groups is 1. The first kappa shape index (κ1) is 14.9. The molecule has 0 radical (unpaired) electrons. The maximum atomic E-state index is 12.4. The number of ether oxygens (including phenoxy) is 1. The van der Waals surface area contributed by atoms with Crippen molar-refractivity contribution in [1.29, 1.82) is 0 Å². The minimum Gasteiger partial charge on any atom is -0.394 e. The van der Waals surface area contributed by atoms with Gasteiger partial charge in [0, 0.05) is 24.2 Å². The molecular weight excluding hydrogens is 276 g/mol. The van der Waals surface area contributed by atoms with E-state index >= 15 is 0 Å². The van der Waals surface area contributed by atoms with Crippen molar-refractivity contribution in [3.8, 4) is 0 Å². The van der Waals surface area contributed by atoms with Gasteiger partial charge in [0.15, 0.2) is 0 Å². The van der Waals surface area contributed by atoms with Crippen LogP contribution in [0.1, 0.15) is 22.8 Å². The van der Waals surface area contributed by atoms with Gasteiger partial charge in [-0.25, -0.2) is 0 Å². The van der Waals surface area contributed by atoms with Crippen molar-refractivity contribution in [3.05, 3.63) is 35.4 Å². The Balaban J connectivity index is 2.11. The molecule has 1 fully saturated rings. The summed E-state index contributed by atoms with van der Waals surface area (Å²) in [5, 5.41) is 9.19. The summed E-state index contributed by atoms with van der Waals surface area (Å²) in [4.78, 5) is 14.4. The zero-order chi connectivity index (χ0) is 14.7. The Morgan fingerprint density at radius 2 is 2.00 bits per heavy atom. The van der Waals surface area contributed by atoms with Crippen LogP contribution in [0, 0.1) is 0 Å². The van der Waals surface area contributed by atoms with E-state index in [1.807, 2.05) is 6.92 Å². The van der Waals surface area contributed by atoms with E-state index in [2.05, 4.69) is 0 Å². The first-order valence-corrected chi connectivity index (χ1v) is 6.87. The fourth-order valence-corrected chi connectivity index (χ4v) is 2.41. The molecule has 5 nitrogen and oxygen atoms in total. The van der Waals surface area contributed by atoms with Gasteiger partial charge in [-0.3, -0.25) is 4.79 Å². The Bertz CT molecular complexity index is 504. The quantitative estimate of drug-likeness (QED) is 0.796. The van der Waals surface area contributed by atoms with Crippen molar-refractivity contribution < 1.29 is 14.6 Å². The number of hydrogen-bond acceptors (Lipinski definition) is 4. The number of aliphatic hydroxyl groups excluding tert-OH is 1. The third kappa shape index (κ3) is 3.33. The number of carbonyl (C=O) groups excluding carboxylic acids is 1. The SMILES string of the molecule is CC1CN(C(=O)c2ccc(C(N)=S)cc2)CC(CO)O1.